The van der Waals surface area contributed by atoms with Gasteiger partial charge in [-0.1, -0.05) is 0 Å². The van der Waals surface area contributed by atoms with E-state index in [-0.39, 0.29) is 5.69 Å². The van der Waals surface area contributed by atoms with E-state index in [1.54, 1.807) is 13.0 Å². The second-order valence-electron chi connectivity index (χ2n) is 3.53. The van der Waals surface area contributed by atoms with Crippen LogP contribution in [0.25, 0.3) is 0 Å². The molecule has 0 amide bonds. The number of anilines is 1. The van der Waals surface area contributed by atoms with Crippen molar-refractivity contribution in [1.82, 2.24) is 4.98 Å². The molecular formula is C8H11BrN2O4S2. The van der Waals surface area contributed by atoms with E-state index >= 15 is 0 Å². The lowest BCUT2D eigenvalue weighted by atomic mass is 10.3. The van der Waals surface area contributed by atoms with Gasteiger partial charge in [-0.25, -0.2) is 21.8 Å². The van der Waals surface area contributed by atoms with Crippen molar-refractivity contribution in [2.45, 2.75) is 6.92 Å². The van der Waals surface area contributed by atoms with Crippen LogP contribution in [-0.2, 0) is 19.9 Å². The van der Waals surface area contributed by atoms with Gasteiger partial charge in [-0.05, 0) is 35.0 Å². The molecule has 1 aromatic rings. The van der Waals surface area contributed by atoms with Gasteiger partial charge in [0, 0.05) is 6.26 Å². The van der Waals surface area contributed by atoms with Gasteiger partial charge in [0.15, 0.2) is 14.9 Å². The molecule has 0 aliphatic carbocycles. The fourth-order valence-corrected chi connectivity index (χ4v) is 4.56. The van der Waals surface area contributed by atoms with Gasteiger partial charge in [0.1, 0.15) is 4.60 Å². The zero-order chi connectivity index (χ0) is 13.3. The van der Waals surface area contributed by atoms with Crippen LogP contribution >= 0.6 is 15.9 Å². The standard InChI is InChI=1S/C8H11BrN2O4S2/c1-6-7(3-4-8(9)10-6)11-17(14,15)5-16(2,12)13/h3-4,11H,5H2,1-2H3. The Morgan fingerprint density at radius 3 is 2.35 bits per heavy atom. The molecule has 0 aromatic carbocycles. The summed E-state index contributed by atoms with van der Waals surface area (Å²) < 4.78 is 47.7. The third kappa shape index (κ3) is 5.00. The minimum Gasteiger partial charge on any atom is -0.281 e. The van der Waals surface area contributed by atoms with Gasteiger partial charge in [0.25, 0.3) is 0 Å². The van der Waals surface area contributed by atoms with Gasteiger partial charge in [-0.15, -0.1) is 0 Å². The predicted octanol–water partition coefficient (Wildman–Crippen LogP) is 0.896. The van der Waals surface area contributed by atoms with Crippen LogP contribution in [0, 0.1) is 6.92 Å². The number of nitrogens with one attached hydrogen (secondary N) is 1. The average Bonchev–Trinajstić information content (AvgIpc) is 2.05. The molecule has 0 spiro atoms. The summed E-state index contributed by atoms with van der Waals surface area (Å²) in [5.41, 5.74) is 0.716. The molecule has 0 saturated heterocycles. The summed E-state index contributed by atoms with van der Waals surface area (Å²) in [4.78, 5) is 3.99. The van der Waals surface area contributed by atoms with Crippen LogP contribution in [0.4, 0.5) is 5.69 Å². The van der Waals surface area contributed by atoms with Gasteiger partial charge < -0.3 is 0 Å². The number of rotatable bonds is 4. The molecule has 0 atom stereocenters. The first kappa shape index (κ1) is 14.4. The maximum atomic E-state index is 11.5. The summed E-state index contributed by atoms with van der Waals surface area (Å²) in [6, 6.07) is 3.07. The molecule has 0 radical (unpaired) electrons. The highest BCUT2D eigenvalue weighted by Gasteiger charge is 2.19. The van der Waals surface area contributed by atoms with Crippen molar-refractivity contribution in [2.24, 2.45) is 0 Å². The lowest BCUT2D eigenvalue weighted by Gasteiger charge is -2.09. The Morgan fingerprint density at radius 1 is 1.29 bits per heavy atom. The third-order valence-electron chi connectivity index (χ3n) is 1.69. The number of halogens is 1. The Kier molecular flexibility index (Phi) is 4.15. The van der Waals surface area contributed by atoms with Gasteiger partial charge in [0.2, 0.25) is 10.0 Å². The first-order chi connectivity index (χ1) is 7.59. The van der Waals surface area contributed by atoms with Crippen LogP contribution in [0.2, 0.25) is 0 Å². The van der Waals surface area contributed by atoms with E-state index in [4.69, 9.17) is 0 Å². The molecule has 0 aliphatic heterocycles. The monoisotopic (exact) mass is 342 g/mol. The number of aromatic nitrogens is 1. The maximum Gasteiger partial charge on any atom is 0.247 e. The second kappa shape index (κ2) is 4.91. The highest BCUT2D eigenvalue weighted by Crippen LogP contribution is 2.17. The lowest BCUT2D eigenvalue weighted by Crippen LogP contribution is -2.22. The largest absolute Gasteiger partial charge is 0.281 e. The van der Waals surface area contributed by atoms with Crippen molar-refractivity contribution >= 4 is 41.5 Å². The van der Waals surface area contributed by atoms with Crippen LogP contribution in [-0.4, -0.2) is 33.2 Å². The van der Waals surface area contributed by atoms with Gasteiger partial charge in [-0.3, -0.25) is 4.72 Å². The van der Waals surface area contributed by atoms with Crippen molar-refractivity contribution in [3.63, 3.8) is 0 Å². The number of sulfonamides is 1. The molecule has 0 fully saturated rings. The summed E-state index contributed by atoms with van der Waals surface area (Å²) in [5, 5.41) is -0.949. The zero-order valence-electron chi connectivity index (χ0n) is 9.14. The van der Waals surface area contributed by atoms with Crippen molar-refractivity contribution in [3.8, 4) is 0 Å². The Bertz CT molecular complexity index is 625. The molecule has 17 heavy (non-hydrogen) atoms. The smallest absolute Gasteiger partial charge is 0.247 e. The van der Waals surface area contributed by atoms with E-state index in [1.165, 1.54) is 6.07 Å². The fourth-order valence-electron chi connectivity index (χ4n) is 1.12. The average molecular weight is 343 g/mol. The van der Waals surface area contributed by atoms with Crippen molar-refractivity contribution in [3.05, 3.63) is 22.4 Å². The highest BCUT2D eigenvalue weighted by molar-refractivity contribution is 9.10. The molecule has 9 heteroatoms. The van der Waals surface area contributed by atoms with Crippen LogP contribution in [0.1, 0.15) is 5.69 Å². The first-order valence-corrected chi connectivity index (χ1v) is 8.91. The van der Waals surface area contributed by atoms with E-state index < -0.39 is 24.9 Å². The van der Waals surface area contributed by atoms with Crippen LogP contribution in [0.5, 0.6) is 0 Å². The molecule has 0 saturated carbocycles. The van der Waals surface area contributed by atoms with Crippen molar-refractivity contribution < 1.29 is 16.8 Å². The van der Waals surface area contributed by atoms with Crippen LogP contribution in [0.15, 0.2) is 16.7 Å². The molecule has 1 heterocycles. The summed E-state index contributed by atoms with van der Waals surface area (Å²) in [7, 11) is -7.52. The minimum absolute atomic E-state index is 0.261. The predicted molar refractivity (Wildman–Crippen MR) is 68.9 cm³/mol. The number of pyridine rings is 1. The number of sulfone groups is 1. The Hall–Kier alpha value is -0.670. The molecule has 6 nitrogen and oxygen atoms in total. The highest BCUT2D eigenvalue weighted by atomic mass is 79.9. The van der Waals surface area contributed by atoms with E-state index in [1.807, 2.05) is 0 Å². The fraction of sp³-hybridized carbons (Fsp3) is 0.375. The van der Waals surface area contributed by atoms with Crippen LogP contribution in [0.3, 0.4) is 0 Å². The van der Waals surface area contributed by atoms with Gasteiger partial charge >= 0.3 is 0 Å². The minimum atomic E-state index is -3.92. The maximum absolute atomic E-state index is 11.5. The van der Waals surface area contributed by atoms with Crippen molar-refractivity contribution in [2.75, 3.05) is 16.1 Å². The zero-order valence-corrected chi connectivity index (χ0v) is 12.4. The molecule has 1 rings (SSSR count). The Morgan fingerprint density at radius 2 is 1.88 bits per heavy atom. The number of hydrogen-bond acceptors (Lipinski definition) is 5. The second-order valence-corrected chi connectivity index (χ2v) is 8.57. The molecule has 0 bridgehead atoms. The third-order valence-corrected chi connectivity index (χ3v) is 5.61. The molecule has 1 N–H and O–H groups in total. The van der Waals surface area contributed by atoms with E-state index in [9.17, 15) is 16.8 Å². The SMILES string of the molecule is Cc1nc(Br)ccc1NS(=O)(=O)CS(C)(=O)=O. The number of hydrogen-bond donors (Lipinski definition) is 1. The van der Waals surface area contributed by atoms with E-state index in [0.717, 1.165) is 6.26 Å². The molecule has 0 aliphatic rings. The first-order valence-electron chi connectivity index (χ1n) is 4.40. The summed E-state index contributed by atoms with van der Waals surface area (Å²) in [6.45, 7) is 1.61. The number of aryl methyl sites for hydroxylation is 1. The summed E-state index contributed by atoms with van der Waals surface area (Å²) in [6.07, 6.45) is 0.860. The topological polar surface area (TPSA) is 93.2 Å². The number of nitrogens with zero attached hydrogens (tertiary/aromatic N) is 1. The lowest BCUT2D eigenvalue weighted by molar-refractivity contribution is 0.595. The molecule has 0 unspecified atom stereocenters. The summed E-state index contributed by atoms with van der Waals surface area (Å²) >= 11 is 3.14. The van der Waals surface area contributed by atoms with E-state index in [0.29, 0.717) is 10.3 Å². The Balaban J connectivity index is 2.99. The normalized spacial score (nSPS) is 12.4. The molecular weight excluding hydrogens is 332 g/mol. The van der Waals surface area contributed by atoms with Gasteiger partial charge in [-0.2, -0.15) is 0 Å². The summed E-state index contributed by atoms with van der Waals surface area (Å²) in [5.74, 6) is 0. The van der Waals surface area contributed by atoms with Crippen LogP contribution < -0.4 is 4.72 Å². The molecule has 1 aromatic heterocycles. The Labute approximate surface area is 109 Å². The quantitative estimate of drug-likeness (QED) is 0.820. The van der Waals surface area contributed by atoms with Gasteiger partial charge in [0.05, 0.1) is 11.4 Å². The van der Waals surface area contributed by atoms with Crippen molar-refractivity contribution in [1.29, 1.82) is 0 Å². The van der Waals surface area contributed by atoms with E-state index in [2.05, 4.69) is 25.6 Å². The molecule has 96 valence electrons.